The van der Waals surface area contributed by atoms with Gasteiger partial charge >= 0.3 is 0 Å². The number of nitrogens with zero attached hydrogens (tertiary/aromatic N) is 1. The van der Waals surface area contributed by atoms with Crippen molar-refractivity contribution in [1.82, 2.24) is 10.3 Å². The van der Waals surface area contributed by atoms with Crippen molar-refractivity contribution in [3.8, 4) is 10.6 Å². The highest BCUT2D eigenvalue weighted by molar-refractivity contribution is 7.14. The number of amides is 1. The van der Waals surface area contributed by atoms with E-state index in [2.05, 4.69) is 42.5 Å². The van der Waals surface area contributed by atoms with Crippen LogP contribution in [0.5, 0.6) is 0 Å². The van der Waals surface area contributed by atoms with Crippen LogP contribution in [0.1, 0.15) is 26.5 Å². The Balaban J connectivity index is 1.60. The van der Waals surface area contributed by atoms with E-state index in [1.54, 1.807) is 29.8 Å². The Kier molecular flexibility index (Phi) is 4.58. The summed E-state index contributed by atoms with van der Waals surface area (Å²) < 4.78 is 5.53. The standard InChI is InChI=1S/C17H22N2O2S2/c1-10-14(17(2,3)15(10)21-4)19-13(20)7-12-9-23-16(18-12)11-5-6-22-8-11/h5-6,8-10,14-15H,7H2,1-4H3,(H,19,20)/t10-,14+,15+/m0/s1. The number of carbonyl (C=O) groups is 1. The molecule has 1 saturated carbocycles. The summed E-state index contributed by atoms with van der Waals surface area (Å²) >= 11 is 3.24. The Labute approximate surface area is 144 Å². The van der Waals surface area contributed by atoms with Gasteiger partial charge in [0.15, 0.2) is 0 Å². The van der Waals surface area contributed by atoms with Crippen molar-refractivity contribution >= 4 is 28.6 Å². The number of hydrogen-bond acceptors (Lipinski definition) is 5. The van der Waals surface area contributed by atoms with Gasteiger partial charge < -0.3 is 10.1 Å². The summed E-state index contributed by atoms with van der Waals surface area (Å²) in [5.41, 5.74) is 1.93. The lowest BCUT2D eigenvalue weighted by atomic mass is 9.58. The average molecular weight is 351 g/mol. The van der Waals surface area contributed by atoms with Crippen molar-refractivity contribution in [3.05, 3.63) is 27.9 Å². The summed E-state index contributed by atoms with van der Waals surface area (Å²) in [4.78, 5) is 16.9. The summed E-state index contributed by atoms with van der Waals surface area (Å²) in [5.74, 6) is 0.363. The lowest BCUT2D eigenvalue weighted by Crippen LogP contribution is -2.68. The number of carbonyl (C=O) groups excluding carboxylic acids is 1. The van der Waals surface area contributed by atoms with Gasteiger partial charge in [0.25, 0.3) is 0 Å². The maximum absolute atomic E-state index is 12.4. The molecule has 23 heavy (non-hydrogen) atoms. The Bertz CT molecular complexity index is 679. The zero-order chi connectivity index (χ0) is 16.6. The van der Waals surface area contributed by atoms with Crippen molar-refractivity contribution in [3.63, 3.8) is 0 Å². The van der Waals surface area contributed by atoms with Gasteiger partial charge in [0, 0.05) is 40.8 Å². The SMILES string of the molecule is CO[C@@H]1[C@@H](C)[C@@H](NC(=O)Cc2csc(-c3ccsc3)n2)C1(C)C. The summed E-state index contributed by atoms with van der Waals surface area (Å²) in [7, 11) is 1.74. The number of thiazole rings is 1. The first-order valence-electron chi connectivity index (χ1n) is 7.72. The van der Waals surface area contributed by atoms with Crippen molar-refractivity contribution in [2.45, 2.75) is 39.3 Å². The lowest BCUT2D eigenvalue weighted by molar-refractivity contribution is -0.154. The van der Waals surface area contributed by atoms with E-state index in [9.17, 15) is 4.79 Å². The zero-order valence-corrected chi connectivity index (χ0v) is 15.5. The van der Waals surface area contributed by atoms with Crippen molar-refractivity contribution < 1.29 is 9.53 Å². The van der Waals surface area contributed by atoms with E-state index in [4.69, 9.17) is 4.74 Å². The molecule has 0 aromatic carbocycles. The van der Waals surface area contributed by atoms with Crippen molar-refractivity contribution in [2.24, 2.45) is 11.3 Å². The lowest BCUT2D eigenvalue weighted by Gasteiger charge is -2.56. The molecule has 2 heterocycles. The van der Waals surface area contributed by atoms with E-state index in [0.717, 1.165) is 16.3 Å². The second-order valence-electron chi connectivity index (χ2n) is 6.71. The summed E-state index contributed by atoms with van der Waals surface area (Å²) in [6, 6.07) is 2.20. The third kappa shape index (κ3) is 3.07. The molecule has 0 aliphatic heterocycles. The van der Waals surface area contributed by atoms with E-state index < -0.39 is 0 Å². The van der Waals surface area contributed by atoms with Gasteiger partial charge in [-0.2, -0.15) is 11.3 Å². The molecule has 1 aliphatic rings. The Morgan fingerprint density at radius 1 is 1.43 bits per heavy atom. The van der Waals surface area contributed by atoms with Crippen LogP contribution >= 0.6 is 22.7 Å². The molecule has 0 unspecified atom stereocenters. The van der Waals surface area contributed by atoms with E-state index >= 15 is 0 Å². The van der Waals surface area contributed by atoms with Crippen LogP contribution in [0.3, 0.4) is 0 Å². The first-order chi connectivity index (χ1) is 10.9. The normalized spacial score (nSPS) is 25.8. The van der Waals surface area contributed by atoms with Crippen molar-refractivity contribution in [2.75, 3.05) is 7.11 Å². The van der Waals surface area contributed by atoms with Gasteiger partial charge in [0.05, 0.1) is 18.2 Å². The van der Waals surface area contributed by atoms with Crippen LogP contribution in [0, 0.1) is 11.3 Å². The average Bonchev–Trinajstić information content (AvgIpc) is 3.15. The van der Waals surface area contributed by atoms with Gasteiger partial charge in [0.2, 0.25) is 5.91 Å². The minimum absolute atomic E-state index is 0.0339. The van der Waals surface area contributed by atoms with E-state index in [1.807, 2.05) is 10.8 Å². The number of thiophene rings is 1. The summed E-state index contributed by atoms with van der Waals surface area (Å²) in [6.45, 7) is 6.41. The van der Waals surface area contributed by atoms with Gasteiger partial charge in [-0.3, -0.25) is 4.79 Å². The molecule has 0 saturated heterocycles. The van der Waals surface area contributed by atoms with Crippen LogP contribution in [0.15, 0.2) is 22.2 Å². The van der Waals surface area contributed by atoms with E-state index in [0.29, 0.717) is 12.3 Å². The smallest absolute Gasteiger partial charge is 0.226 e. The molecule has 0 spiro atoms. The fourth-order valence-corrected chi connectivity index (χ4v) is 5.25. The fourth-order valence-electron chi connectivity index (χ4n) is 3.72. The minimum atomic E-state index is -0.0340. The van der Waals surface area contributed by atoms with Gasteiger partial charge in [0.1, 0.15) is 5.01 Å². The fraction of sp³-hybridized carbons (Fsp3) is 0.529. The highest BCUT2D eigenvalue weighted by Gasteiger charge is 2.55. The Morgan fingerprint density at radius 3 is 2.83 bits per heavy atom. The maximum Gasteiger partial charge on any atom is 0.226 e. The molecule has 6 heteroatoms. The topological polar surface area (TPSA) is 51.2 Å². The first-order valence-corrected chi connectivity index (χ1v) is 9.55. The molecule has 2 aromatic heterocycles. The second-order valence-corrected chi connectivity index (χ2v) is 8.35. The third-order valence-electron chi connectivity index (χ3n) is 4.77. The van der Waals surface area contributed by atoms with Crippen LogP contribution in [-0.4, -0.2) is 30.1 Å². The molecular formula is C17H22N2O2S2. The van der Waals surface area contributed by atoms with Crippen LogP contribution in [0.4, 0.5) is 0 Å². The number of hydrogen-bond donors (Lipinski definition) is 1. The molecule has 1 N–H and O–H groups in total. The minimum Gasteiger partial charge on any atom is -0.380 e. The predicted octanol–water partition coefficient (Wildman–Crippen LogP) is 3.59. The van der Waals surface area contributed by atoms with E-state index in [1.165, 1.54) is 0 Å². The molecule has 1 amide bonds. The van der Waals surface area contributed by atoms with Crippen LogP contribution in [0.25, 0.3) is 10.6 Å². The van der Waals surface area contributed by atoms with Gasteiger partial charge in [-0.1, -0.05) is 20.8 Å². The number of rotatable bonds is 5. The molecule has 0 bridgehead atoms. The van der Waals surface area contributed by atoms with Crippen molar-refractivity contribution in [1.29, 1.82) is 0 Å². The molecule has 3 atom stereocenters. The molecule has 0 radical (unpaired) electrons. The van der Waals surface area contributed by atoms with Gasteiger partial charge in [-0.15, -0.1) is 11.3 Å². The quantitative estimate of drug-likeness (QED) is 0.896. The van der Waals surface area contributed by atoms with Crippen LogP contribution in [0.2, 0.25) is 0 Å². The summed E-state index contributed by atoms with van der Waals surface area (Å²) in [6.07, 6.45) is 0.523. The van der Waals surface area contributed by atoms with Gasteiger partial charge in [-0.05, 0) is 11.4 Å². The van der Waals surface area contributed by atoms with Crippen LogP contribution in [-0.2, 0) is 16.0 Å². The molecule has 4 nitrogen and oxygen atoms in total. The highest BCUT2D eigenvalue weighted by Crippen LogP contribution is 2.46. The van der Waals surface area contributed by atoms with Gasteiger partial charge in [-0.25, -0.2) is 4.98 Å². The highest BCUT2D eigenvalue weighted by atomic mass is 32.1. The predicted molar refractivity (Wildman–Crippen MR) is 94.8 cm³/mol. The molecule has 3 rings (SSSR count). The number of aromatic nitrogens is 1. The van der Waals surface area contributed by atoms with E-state index in [-0.39, 0.29) is 23.5 Å². The molecule has 1 fully saturated rings. The second kappa shape index (κ2) is 6.34. The monoisotopic (exact) mass is 350 g/mol. The van der Waals surface area contributed by atoms with Crippen LogP contribution < -0.4 is 5.32 Å². The number of nitrogens with one attached hydrogen (secondary N) is 1. The first kappa shape index (κ1) is 16.6. The molecule has 2 aromatic rings. The zero-order valence-electron chi connectivity index (χ0n) is 13.8. The largest absolute Gasteiger partial charge is 0.380 e. The summed E-state index contributed by atoms with van der Waals surface area (Å²) in [5, 5.41) is 10.2. The molecular weight excluding hydrogens is 328 g/mol. The Morgan fingerprint density at radius 2 is 2.22 bits per heavy atom. The number of ether oxygens (including phenoxy) is 1. The Hall–Kier alpha value is -1.24. The number of methoxy groups -OCH3 is 1. The third-order valence-corrected chi connectivity index (χ3v) is 6.39. The maximum atomic E-state index is 12.4. The molecule has 124 valence electrons. The molecule has 1 aliphatic carbocycles.